The average molecular weight is 356 g/mol. The lowest BCUT2D eigenvalue weighted by Crippen LogP contribution is -2.41. The highest BCUT2D eigenvalue weighted by Gasteiger charge is 2.11. The molecule has 0 aliphatic rings. The number of nitrogens with one attached hydrogen (secondary N) is 3. The van der Waals surface area contributed by atoms with Crippen molar-refractivity contribution < 1.29 is 23.9 Å². The molecule has 0 unspecified atom stereocenters. The number of esters is 1. The van der Waals surface area contributed by atoms with Crippen LogP contribution in [0, 0.1) is 0 Å². The Morgan fingerprint density at radius 3 is 2.38 bits per heavy atom. The van der Waals surface area contributed by atoms with Crippen LogP contribution in [0.4, 0.5) is 4.79 Å². The highest BCUT2D eigenvalue weighted by atomic mass is 35.5. The highest BCUT2D eigenvalue weighted by molar-refractivity contribution is 6.30. The molecule has 0 bridgehead atoms. The zero-order chi connectivity index (χ0) is 17.9. The van der Waals surface area contributed by atoms with E-state index in [0.717, 1.165) is 0 Å². The zero-order valence-corrected chi connectivity index (χ0v) is 13.8. The van der Waals surface area contributed by atoms with Gasteiger partial charge in [0.05, 0.1) is 6.42 Å². The van der Waals surface area contributed by atoms with Gasteiger partial charge in [0, 0.05) is 23.7 Å². The van der Waals surface area contributed by atoms with Gasteiger partial charge >= 0.3 is 12.0 Å². The molecule has 0 aliphatic heterocycles. The molecule has 9 heteroatoms. The molecule has 0 saturated carbocycles. The Morgan fingerprint density at radius 2 is 1.75 bits per heavy atom. The number of imide groups is 1. The molecular weight excluding hydrogens is 338 g/mol. The van der Waals surface area contributed by atoms with E-state index in [9.17, 15) is 19.2 Å². The summed E-state index contributed by atoms with van der Waals surface area (Å²) in [5.74, 6) is -1.76. The highest BCUT2D eigenvalue weighted by Crippen LogP contribution is 2.09. The van der Waals surface area contributed by atoms with E-state index in [0.29, 0.717) is 17.1 Å². The summed E-state index contributed by atoms with van der Waals surface area (Å²) >= 11 is 5.72. The lowest BCUT2D eigenvalue weighted by Gasteiger charge is -2.07. The number of urea groups is 1. The van der Waals surface area contributed by atoms with Crippen LogP contribution >= 0.6 is 11.6 Å². The van der Waals surface area contributed by atoms with Crippen LogP contribution in [-0.2, 0) is 14.3 Å². The summed E-state index contributed by atoms with van der Waals surface area (Å²) in [6.45, 7) is 1.55. The lowest BCUT2D eigenvalue weighted by molar-refractivity contribution is -0.148. The van der Waals surface area contributed by atoms with Crippen molar-refractivity contribution >= 4 is 35.4 Å². The first kappa shape index (κ1) is 19.4. The third kappa shape index (κ3) is 7.59. The van der Waals surface area contributed by atoms with Gasteiger partial charge < -0.3 is 15.4 Å². The summed E-state index contributed by atoms with van der Waals surface area (Å²) in [6, 6.07) is 5.62. The average Bonchev–Trinajstić information content (AvgIpc) is 2.53. The Labute approximate surface area is 143 Å². The standard InChI is InChI=1S/C15H18ClN3O5/c1-2-17-15(23)19-12(20)9-24-13(21)7-8-18-14(22)10-3-5-11(16)6-4-10/h3-6H,2,7-9H2,1H3,(H,18,22)(H2,17,19,20,23). The van der Waals surface area contributed by atoms with E-state index in [1.165, 1.54) is 0 Å². The van der Waals surface area contributed by atoms with Gasteiger partial charge in [0.1, 0.15) is 0 Å². The van der Waals surface area contributed by atoms with Crippen LogP contribution in [-0.4, -0.2) is 43.5 Å². The maximum atomic E-state index is 11.8. The molecule has 0 heterocycles. The molecule has 8 nitrogen and oxygen atoms in total. The van der Waals surface area contributed by atoms with Crippen LogP contribution < -0.4 is 16.0 Å². The molecule has 130 valence electrons. The van der Waals surface area contributed by atoms with Crippen molar-refractivity contribution in [2.24, 2.45) is 0 Å². The van der Waals surface area contributed by atoms with Crippen LogP contribution in [0.2, 0.25) is 5.02 Å². The number of hydrogen-bond donors (Lipinski definition) is 3. The van der Waals surface area contributed by atoms with E-state index < -0.39 is 24.5 Å². The second-order valence-corrected chi connectivity index (χ2v) is 5.02. The molecule has 0 aliphatic carbocycles. The topological polar surface area (TPSA) is 114 Å². The number of carbonyl (C=O) groups is 4. The third-order valence-electron chi connectivity index (χ3n) is 2.68. The molecule has 0 aromatic heterocycles. The smallest absolute Gasteiger partial charge is 0.321 e. The molecule has 0 radical (unpaired) electrons. The van der Waals surface area contributed by atoms with Crippen molar-refractivity contribution in [1.82, 2.24) is 16.0 Å². The van der Waals surface area contributed by atoms with Gasteiger partial charge in [-0.1, -0.05) is 11.6 Å². The molecule has 24 heavy (non-hydrogen) atoms. The zero-order valence-electron chi connectivity index (χ0n) is 13.1. The fourth-order valence-corrected chi connectivity index (χ4v) is 1.69. The summed E-state index contributed by atoms with van der Waals surface area (Å²) in [5, 5.41) is 7.41. The van der Waals surface area contributed by atoms with Crippen LogP contribution in [0.3, 0.4) is 0 Å². The number of rotatable bonds is 7. The Morgan fingerprint density at radius 1 is 1.08 bits per heavy atom. The molecule has 1 aromatic rings. The number of amides is 4. The minimum atomic E-state index is -0.737. The SMILES string of the molecule is CCNC(=O)NC(=O)COC(=O)CCNC(=O)c1ccc(Cl)cc1. The molecule has 0 fully saturated rings. The van der Waals surface area contributed by atoms with Gasteiger partial charge in [-0.3, -0.25) is 19.7 Å². The van der Waals surface area contributed by atoms with Gasteiger partial charge in [0.25, 0.3) is 11.8 Å². The largest absolute Gasteiger partial charge is 0.456 e. The fourth-order valence-electron chi connectivity index (χ4n) is 1.57. The van der Waals surface area contributed by atoms with E-state index in [1.54, 1.807) is 31.2 Å². The predicted octanol–water partition coefficient (Wildman–Crippen LogP) is 0.849. The first-order valence-corrected chi connectivity index (χ1v) is 7.57. The van der Waals surface area contributed by atoms with Gasteiger partial charge in [0.15, 0.2) is 6.61 Å². The first-order chi connectivity index (χ1) is 11.4. The molecule has 4 amide bonds. The summed E-state index contributed by atoms with van der Waals surface area (Å²) in [7, 11) is 0. The summed E-state index contributed by atoms with van der Waals surface area (Å²) in [5.41, 5.74) is 0.411. The number of ether oxygens (including phenoxy) is 1. The maximum absolute atomic E-state index is 11.8. The van der Waals surface area contributed by atoms with E-state index in [4.69, 9.17) is 11.6 Å². The number of halogens is 1. The molecule has 0 spiro atoms. The number of hydrogen-bond acceptors (Lipinski definition) is 5. The van der Waals surface area contributed by atoms with Gasteiger partial charge in [-0.15, -0.1) is 0 Å². The van der Waals surface area contributed by atoms with Gasteiger partial charge in [-0.25, -0.2) is 4.79 Å². The third-order valence-corrected chi connectivity index (χ3v) is 2.93. The van der Waals surface area contributed by atoms with E-state index in [1.807, 2.05) is 5.32 Å². The van der Waals surface area contributed by atoms with Crippen LogP contribution in [0.1, 0.15) is 23.7 Å². The fraction of sp³-hybridized carbons (Fsp3) is 0.333. The molecule has 0 atom stereocenters. The molecule has 3 N–H and O–H groups in total. The summed E-state index contributed by atoms with van der Waals surface area (Å²) in [4.78, 5) is 45.6. The molecule has 0 saturated heterocycles. The van der Waals surface area contributed by atoms with Crippen molar-refractivity contribution in [3.8, 4) is 0 Å². The second-order valence-electron chi connectivity index (χ2n) is 4.58. The summed E-state index contributed by atoms with van der Waals surface area (Å²) in [6.07, 6.45) is -0.103. The minimum absolute atomic E-state index is 0.0538. The van der Waals surface area contributed by atoms with Crippen molar-refractivity contribution in [1.29, 1.82) is 0 Å². The number of benzene rings is 1. The van der Waals surface area contributed by atoms with E-state index >= 15 is 0 Å². The lowest BCUT2D eigenvalue weighted by atomic mass is 10.2. The second kappa shape index (κ2) is 10.2. The Hall–Kier alpha value is -2.61. The first-order valence-electron chi connectivity index (χ1n) is 7.19. The number of carbonyl (C=O) groups excluding carboxylic acids is 4. The van der Waals surface area contributed by atoms with Gasteiger partial charge in [-0.2, -0.15) is 0 Å². The Bertz CT molecular complexity index is 604. The Kier molecular flexibility index (Phi) is 8.28. The normalized spacial score (nSPS) is 9.75. The predicted molar refractivity (Wildman–Crippen MR) is 86.6 cm³/mol. The van der Waals surface area contributed by atoms with Crippen molar-refractivity contribution in [3.05, 3.63) is 34.9 Å². The van der Waals surface area contributed by atoms with Crippen molar-refractivity contribution in [2.75, 3.05) is 19.7 Å². The monoisotopic (exact) mass is 355 g/mol. The molecular formula is C15H18ClN3O5. The van der Waals surface area contributed by atoms with Gasteiger partial charge in [-0.05, 0) is 31.2 Å². The van der Waals surface area contributed by atoms with Crippen LogP contribution in [0.25, 0.3) is 0 Å². The minimum Gasteiger partial charge on any atom is -0.456 e. The van der Waals surface area contributed by atoms with Crippen molar-refractivity contribution in [3.63, 3.8) is 0 Å². The maximum Gasteiger partial charge on any atom is 0.321 e. The van der Waals surface area contributed by atoms with Crippen LogP contribution in [0.5, 0.6) is 0 Å². The van der Waals surface area contributed by atoms with Crippen molar-refractivity contribution in [2.45, 2.75) is 13.3 Å². The summed E-state index contributed by atoms with van der Waals surface area (Å²) < 4.78 is 4.69. The van der Waals surface area contributed by atoms with E-state index in [2.05, 4.69) is 15.4 Å². The van der Waals surface area contributed by atoms with Crippen LogP contribution in [0.15, 0.2) is 24.3 Å². The van der Waals surface area contributed by atoms with E-state index in [-0.39, 0.29) is 18.9 Å². The molecule has 1 rings (SSSR count). The molecule has 1 aromatic carbocycles. The quantitative estimate of drug-likeness (QED) is 0.627. The van der Waals surface area contributed by atoms with Gasteiger partial charge in [0.2, 0.25) is 0 Å². The Balaban J connectivity index is 2.22.